The third kappa shape index (κ3) is 2.52. The zero-order valence-electron chi connectivity index (χ0n) is 13.1. The summed E-state index contributed by atoms with van der Waals surface area (Å²) in [5.41, 5.74) is 3.41. The van der Waals surface area contributed by atoms with E-state index in [1.165, 1.54) is 12.8 Å². The molecule has 1 saturated carbocycles. The van der Waals surface area contributed by atoms with Crippen molar-refractivity contribution in [1.29, 1.82) is 0 Å². The molecule has 0 atom stereocenters. The summed E-state index contributed by atoms with van der Waals surface area (Å²) in [5.74, 6) is 0.865. The lowest BCUT2D eigenvalue weighted by atomic mass is 10.1. The van der Waals surface area contributed by atoms with E-state index in [0.29, 0.717) is 5.52 Å². The summed E-state index contributed by atoms with van der Waals surface area (Å²) >= 11 is 0. The Morgan fingerprint density at radius 1 is 1.30 bits per heavy atom. The van der Waals surface area contributed by atoms with E-state index in [0.717, 1.165) is 35.4 Å². The normalized spacial score (nSPS) is 15.3. The predicted molar refractivity (Wildman–Crippen MR) is 88.9 cm³/mol. The fraction of sp³-hybridized carbons (Fsp3) is 0.333. The number of nitrogens with one attached hydrogen (secondary N) is 1. The first-order chi connectivity index (χ1) is 11.2. The number of hydrogen-bond donors (Lipinski definition) is 1. The van der Waals surface area contributed by atoms with Crippen molar-refractivity contribution in [2.24, 2.45) is 0 Å². The van der Waals surface area contributed by atoms with Gasteiger partial charge in [-0.1, -0.05) is 11.6 Å². The lowest BCUT2D eigenvalue weighted by Crippen LogP contribution is -2.13. The van der Waals surface area contributed by atoms with Crippen LogP contribution in [-0.2, 0) is 0 Å². The average Bonchev–Trinajstić information content (AvgIpc) is 3.21. The smallest absolute Gasteiger partial charge is 0.273 e. The molecule has 1 N–H and O–H groups in total. The van der Waals surface area contributed by atoms with Gasteiger partial charge in [-0.2, -0.15) is 0 Å². The molecule has 0 radical (unpaired) electrons. The number of hydrogen-bond acceptors (Lipinski definition) is 3. The first kappa shape index (κ1) is 14.1. The SMILES string of the molecule is Cc1ccc(OC2CCCC2)c(-c2c[nH]c(=O)c3cncn23)c1. The van der Waals surface area contributed by atoms with Crippen LogP contribution in [0, 0.1) is 6.92 Å². The van der Waals surface area contributed by atoms with Gasteiger partial charge in [-0.15, -0.1) is 0 Å². The Kier molecular flexibility index (Phi) is 3.41. The van der Waals surface area contributed by atoms with Crippen LogP contribution in [0.5, 0.6) is 5.75 Å². The van der Waals surface area contributed by atoms with Crippen molar-refractivity contribution in [3.05, 3.63) is 52.8 Å². The molecule has 0 aliphatic heterocycles. The molecule has 2 heterocycles. The molecule has 0 bridgehead atoms. The van der Waals surface area contributed by atoms with Crippen molar-refractivity contribution >= 4 is 5.52 Å². The van der Waals surface area contributed by atoms with Gasteiger partial charge in [0, 0.05) is 11.8 Å². The highest BCUT2D eigenvalue weighted by Crippen LogP contribution is 2.33. The van der Waals surface area contributed by atoms with E-state index in [2.05, 4.69) is 29.0 Å². The van der Waals surface area contributed by atoms with Gasteiger partial charge in [0.25, 0.3) is 5.56 Å². The van der Waals surface area contributed by atoms with Gasteiger partial charge in [-0.3, -0.25) is 9.20 Å². The van der Waals surface area contributed by atoms with Crippen LogP contribution < -0.4 is 10.3 Å². The molecule has 5 heteroatoms. The number of aromatic amines is 1. The van der Waals surface area contributed by atoms with Crippen molar-refractivity contribution in [3.8, 4) is 17.0 Å². The Labute approximate surface area is 134 Å². The van der Waals surface area contributed by atoms with Gasteiger partial charge in [-0.25, -0.2) is 4.98 Å². The number of imidazole rings is 1. The Morgan fingerprint density at radius 2 is 2.13 bits per heavy atom. The molecule has 1 aromatic carbocycles. The predicted octanol–water partition coefficient (Wildman–Crippen LogP) is 3.32. The van der Waals surface area contributed by atoms with Crippen LogP contribution in [0.4, 0.5) is 0 Å². The van der Waals surface area contributed by atoms with Crippen LogP contribution >= 0.6 is 0 Å². The van der Waals surface area contributed by atoms with Crippen molar-refractivity contribution in [1.82, 2.24) is 14.4 Å². The lowest BCUT2D eigenvalue weighted by molar-refractivity contribution is 0.211. The lowest BCUT2D eigenvalue weighted by Gasteiger charge is -2.17. The van der Waals surface area contributed by atoms with Crippen molar-refractivity contribution in [2.75, 3.05) is 0 Å². The highest BCUT2D eigenvalue weighted by molar-refractivity contribution is 5.70. The molecule has 2 aromatic heterocycles. The summed E-state index contributed by atoms with van der Waals surface area (Å²) in [6.45, 7) is 2.06. The number of aryl methyl sites for hydroxylation is 1. The van der Waals surface area contributed by atoms with Gasteiger partial charge in [0.15, 0.2) is 0 Å². The summed E-state index contributed by atoms with van der Waals surface area (Å²) in [6.07, 6.45) is 9.95. The minimum atomic E-state index is -0.142. The maximum atomic E-state index is 11.9. The van der Waals surface area contributed by atoms with Crippen LogP contribution in [0.25, 0.3) is 16.8 Å². The van der Waals surface area contributed by atoms with Gasteiger partial charge in [0.2, 0.25) is 0 Å². The van der Waals surface area contributed by atoms with Gasteiger partial charge >= 0.3 is 0 Å². The molecule has 1 fully saturated rings. The molecule has 1 aliphatic carbocycles. The summed E-state index contributed by atoms with van der Waals surface area (Å²) in [6, 6.07) is 6.18. The monoisotopic (exact) mass is 309 g/mol. The first-order valence-corrected chi connectivity index (χ1v) is 8.04. The van der Waals surface area contributed by atoms with E-state index >= 15 is 0 Å². The molecule has 23 heavy (non-hydrogen) atoms. The molecule has 5 nitrogen and oxygen atoms in total. The standard InChI is InChI=1S/C18H19N3O2/c1-12-6-7-17(23-13-4-2-3-5-13)14(8-12)15-10-20-18(22)16-9-19-11-21(15)16/h6-11,13H,2-5H2,1H3,(H,20,22). The number of nitrogens with zero attached hydrogens (tertiary/aromatic N) is 2. The Bertz CT molecular complexity index is 904. The molecule has 3 aromatic rings. The fourth-order valence-electron chi connectivity index (χ4n) is 3.27. The van der Waals surface area contributed by atoms with Crippen molar-refractivity contribution < 1.29 is 4.74 Å². The molecule has 1 aliphatic rings. The maximum absolute atomic E-state index is 11.9. The molecule has 0 saturated heterocycles. The Hall–Kier alpha value is -2.56. The molecular formula is C18H19N3O2. The highest BCUT2D eigenvalue weighted by Gasteiger charge is 2.19. The first-order valence-electron chi connectivity index (χ1n) is 8.04. The van der Waals surface area contributed by atoms with Crippen LogP contribution in [0.3, 0.4) is 0 Å². The number of benzene rings is 1. The third-order valence-electron chi connectivity index (χ3n) is 4.48. The van der Waals surface area contributed by atoms with Crippen molar-refractivity contribution in [2.45, 2.75) is 38.7 Å². The number of fused-ring (bicyclic) bond motifs is 1. The molecule has 4 rings (SSSR count). The van der Waals surface area contributed by atoms with Gasteiger partial charge in [-0.05, 0) is 44.7 Å². The highest BCUT2D eigenvalue weighted by atomic mass is 16.5. The Morgan fingerprint density at radius 3 is 2.96 bits per heavy atom. The summed E-state index contributed by atoms with van der Waals surface area (Å²) in [7, 11) is 0. The van der Waals surface area contributed by atoms with E-state index in [-0.39, 0.29) is 11.7 Å². The van der Waals surface area contributed by atoms with Gasteiger partial charge < -0.3 is 9.72 Å². The largest absolute Gasteiger partial charge is 0.490 e. The third-order valence-corrected chi connectivity index (χ3v) is 4.48. The fourth-order valence-corrected chi connectivity index (χ4v) is 3.27. The zero-order valence-corrected chi connectivity index (χ0v) is 13.1. The topological polar surface area (TPSA) is 59.4 Å². The minimum Gasteiger partial charge on any atom is -0.490 e. The Balaban J connectivity index is 1.86. The molecule has 0 spiro atoms. The van der Waals surface area contributed by atoms with Gasteiger partial charge in [0.05, 0.1) is 24.3 Å². The van der Waals surface area contributed by atoms with E-state index in [1.807, 2.05) is 10.5 Å². The van der Waals surface area contributed by atoms with E-state index in [1.54, 1.807) is 18.7 Å². The van der Waals surface area contributed by atoms with Crippen LogP contribution in [0.1, 0.15) is 31.2 Å². The second kappa shape index (κ2) is 5.57. The number of ether oxygens (including phenoxy) is 1. The molecule has 0 unspecified atom stereocenters. The minimum absolute atomic E-state index is 0.142. The second-order valence-corrected chi connectivity index (χ2v) is 6.18. The van der Waals surface area contributed by atoms with Crippen LogP contribution in [0.15, 0.2) is 41.7 Å². The van der Waals surface area contributed by atoms with E-state index in [4.69, 9.17) is 4.74 Å². The van der Waals surface area contributed by atoms with Crippen LogP contribution in [0.2, 0.25) is 0 Å². The number of H-pyrrole nitrogens is 1. The second-order valence-electron chi connectivity index (χ2n) is 6.18. The number of rotatable bonds is 3. The van der Waals surface area contributed by atoms with Crippen molar-refractivity contribution in [3.63, 3.8) is 0 Å². The van der Waals surface area contributed by atoms with E-state index < -0.39 is 0 Å². The average molecular weight is 309 g/mol. The zero-order chi connectivity index (χ0) is 15.8. The summed E-state index contributed by atoms with van der Waals surface area (Å²) in [4.78, 5) is 18.8. The van der Waals surface area contributed by atoms with Gasteiger partial charge in [0.1, 0.15) is 11.3 Å². The summed E-state index contributed by atoms with van der Waals surface area (Å²) < 4.78 is 8.06. The molecular weight excluding hydrogens is 290 g/mol. The number of aromatic nitrogens is 3. The van der Waals surface area contributed by atoms with Crippen LogP contribution in [-0.4, -0.2) is 20.5 Å². The van der Waals surface area contributed by atoms with E-state index in [9.17, 15) is 4.79 Å². The molecule has 0 amide bonds. The summed E-state index contributed by atoms with van der Waals surface area (Å²) in [5, 5.41) is 0. The maximum Gasteiger partial charge on any atom is 0.273 e. The quantitative estimate of drug-likeness (QED) is 0.807. The molecule has 118 valence electrons.